The lowest BCUT2D eigenvalue weighted by Gasteiger charge is -2.15. The number of thioether (sulfide) groups is 1. The molecule has 0 heterocycles. The van der Waals surface area contributed by atoms with Gasteiger partial charge in [-0.1, -0.05) is 11.8 Å². The Morgan fingerprint density at radius 2 is 2.00 bits per heavy atom. The molecule has 10 heavy (non-hydrogen) atoms. The minimum absolute atomic E-state index is 0.299. The Balaban J connectivity index is 4.13. The molecular weight excluding hydrogens is 154 g/mol. The average molecular weight is 163 g/mol. The maximum atomic E-state index is 10.4. The molecule has 0 amide bonds. The van der Waals surface area contributed by atoms with Crippen molar-refractivity contribution in [1.29, 1.82) is 0 Å². The first-order chi connectivity index (χ1) is 4.36. The molecule has 0 aliphatic rings. The predicted molar refractivity (Wildman–Crippen MR) is 38.5 cm³/mol. The first kappa shape index (κ1) is 9.45. The van der Waals surface area contributed by atoms with E-state index in [-0.39, 0.29) is 5.12 Å². The number of aliphatic carboxylic acids is 1. The zero-order valence-electron chi connectivity index (χ0n) is 5.75. The third-order valence-electron chi connectivity index (χ3n) is 0.780. The van der Waals surface area contributed by atoms with Gasteiger partial charge in [0.2, 0.25) is 0 Å². The van der Waals surface area contributed by atoms with Crippen molar-refractivity contribution in [3.05, 3.63) is 0 Å². The van der Waals surface area contributed by atoms with E-state index in [1.807, 2.05) is 0 Å². The van der Waals surface area contributed by atoms with E-state index in [0.717, 1.165) is 0 Å². The fourth-order valence-corrected chi connectivity index (χ4v) is 1.03. The third kappa shape index (κ3) is 2.84. The smallest absolute Gasteiger partial charge is 0.334 e. The van der Waals surface area contributed by atoms with Gasteiger partial charge >= 0.3 is 5.97 Å². The number of nitrogens with two attached hydrogens (primary N) is 1. The van der Waals surface area contributed by atoms with Crippen molar-refractivity contribution in [1.82, 2.24) is 0 Å². The highest BCUT2D eigenvalue weighted by atomic mass is 32.2. The van der Waals surface area contributed by atoms with Crippen LogP contribution >= 0.6 is 11.8 Å². The van der Waals surface area contributed by atoms with E-state index >= 15 is 0 Å². The van der Waals surface area contributed by atoms with Crippen molar-refractivity contribution < 1.29 is 14.7 Å². The SMILES string of the molecule is CC(=O)SC(C)(N)C(=O)O. The lowest BCUT2D eigenvalue weighted by molar-refractivity contribution is -0.139. The fraction of sp³-hybridized carbons (Fsp3) is 0.600. The average Bonchev–Trinajstić information content (AvgIpc) is 1.60. The number of rotatable bonds is 2. The molecule has 5 heteroatoms. The Labute approximate surface area is 62.8 Å². The van der Waals surface area contributed by atoms with E-state index in [2.05, 4.69) is 0 Å². The second-order valence-electron chi connectivity index (χ2n) is 2.01. The number of hydrogen-bond donors (Lipinski definition) is 2. The van der Waals surface area contributed by atoms with Crippen molar-refractivity contribution in [3.8, 4) is 0 Å². The molecule has 0 rings (SSSR count). The normalized spacial score (nSPS) is 15.9. The van der Waals surface area contributed by atoms with Crippen LogP contribution in [0.15, 0.2) is 0 Å². The molecule has 58 valence electrons. The lowest BCUT2D eigenvalue weighted by atomic mass is 10.4. The van der Waals surface area contributed by atoms with Gasteiger partial charge in [-0.3, -0.25) is 4.79 Å². The van der Waals surface area contributed by atoms with Gasteiger partial charge in [0.25, 0.3) is 0 Å². The van der Waals surface area contributed by atoms with Gasteiger partial charge in [-0.05, 0) is 6.92 Å². The van der Waals surface area contributed by atoms with Gasteiger partial charge < -0.3 is 10.8 Å². The van der Waals surface area contributed by atoms with Crippen molar-refractivity contribution >= 4 is 22.8 Å². The number of carboxylic acids is 1. The Hall–Kier alpha value is -0.550. The first-order valence-electron chi connectivity index (χ1n) is 2.58. The largest absolute Gasteiger partial charge is 0.479 e. The maximum Gasteiger partial charge on any atom is 0.334 e. The highest BCUT2D eigenvalue weighted by molar-refractivity contribution is 8.15. The maximum absolute atomic E-state index is 10.4. The van der Waals surface area contributed by atoms with Crippen LogP contribution in [0, 0.1) is 0 Å². The molecule has 0 saturated heterocycles. The molecule has 3 N–H and O–H groups in total. The van der Waals surface area contributed by atoms with Gasteiger partial charge in [0, 0.05) is 6.92 Å². The molecule has 0 aliphatic carbocycles. The van der Waals surface area contributed by atoms with Crippen LogP contribution in [0.1, 0.15) is 13.8 Å². The topological polar surface area (TPSA) is 80.4 Å². The fourth-order valence-electron chi connectivity index (χ4n) is 0.342. The van der Waals surface area contributed by atoms with Crippen molar-refractivity contribution in [2.75, 3.05) is 0 Å². The Kier molecular flexibility index (Phi) is 2.86. The number of hydrogen-bond acceptors (Lipinski definition) is 4. The van der Waals surface area contributed by atoms with E-state index in [4.69, 9.17) is 10.8 Å². The molecule has 4 nitrogen and oxygen atoms in total. The first-order valence-corrected chi connectivity index (χ1v) is 3.40. The molecule has 0 bridgehead atoms. The van der Waals surface area contributed by atoms with Crippen LogP contribution in [0.5, 0.6) is 0 Å². The summed E-state index contributed by atoms with van der Waals surface area (Å²) in [6, 6.07) is 0. The predicted octanol–water partition coefficient (Wildman–Crippen LogP) is 0.0256. The van der Waals surface area contributed by atoms with E-state index < -0.39 is 10.8 Å². The molecule has 0 spiro atoms. The van der Waals surface area contributed by atoms with Gasteiger partial charge in [0.15, 0.2) is 9.99 Å². The number of carbonyl (C=O) groups is 2. The minimum Gasteiger partial charge on any atom is -0.479 e. The molecule has 0 aromatic rings. The number of carbonyl (C=O) groups excluding carboxylic acids is 1. The van der Waals surface area contributed by atoms with E-state index in [1.54, 1.807) is 0 Å². The molecule has 0 saturated carbocycles. The van der Waals surface area contributed by atoms with Gasteiger partial charge in [-0.15, -0.1) is 0 Å². The van der Waals surface area contributed by atoms with Crippen molar-refractivity contribution in [3.63, 3.8) is 0 Å². The zero-order valence-corrected chi connectivity index (χ0v) is 6.57. The summed E-state index contributed by atoms with van der Waals surface area (Å²) in [6.07, 6.45) is 0. The summed E-state index contributed by atoms with van der Waals surface area (Å²) in [5.41, 5.74) is 5.20. The van der Waals surface area contributed by atoms with Crippen LogP contribution in [0.3, 0.4) is 0 Å². The summed E-state index contributed by atoms with van der Waals surface area (Å²) >= 11 is 0.604. The highest BCUT2D eigenvalue weighted by Gasteiger charge is 2.30. The molecule has 0 aliphatic heterocycles. The van der Waals surface area contributed by atoms with Crippen LogP contribution in [0.2, 0.25) is 0 Å². The molecule has 1 unspecified atom stereocenters. The van der Waals surface area contributed by atoms with Crippen LogP contribution in [-0.4, -0.2) is 21.1 Å². The summed E-state index contributed by atoms with van der Waals surface area (Å²) in [5, 5.41) is 8.09. The van der Waals surface area contributed by atoms with Gasteiger partial charge in [0.1, 0.15) is 0 Å². The zero-order chi connectivity index (χ0) is 8.36. The minimum atomic E-state index is -1.49. The Bertz CT molecular complexity index is 166. The van der Waals surface area contributed by atoms with E-state index in [1.165, 1.54) is 13.8 Å². The Morgan fingerprint density at radius 3 is 2.10 bits per heavy atom. The van der Waals surface area contributed by atoms with Crippen LogP contribution in [0.25, 0.3) is 0 Å². The molecule has 0 fully saturated rings. The van der Waals surface area contributed by atoms with Crippen molar-refractivity contribution in [2.24, 2.45) is 5.73 Å². The summed E-state index contributed by atoms with van der Waals surface area (Å²) in [7, 11) is 0. The standard InChI is InChI=1S/C5H9NO3S/c1-3(7)10-5(2,6)4(8)9/h6H2,1-2H3,(H,8,9). The summed E-state index contributed by atoms with van der Waals surface area (Å²) in [6.45, 7) is 2.56. The molecular formula is C5H9NO3S. The lowest BCUT2D eigenvalue weighted by Crippen LogP contribution is -2.42. The Morgan fingerprint density at radius 1 is 1.60 bits per heavy atom. The quantitative estimate of drug-likeness (QED) is 0.561. The van der Waals surface area contributed by atoms with Crippen LogP contribution in [-0.2, 0) is 9.59 Å². The van der Waals surface area contributed by atoms with Crippen molar-refractivity contribution in [2.45, 2.75) is 18.7 Å². The van der Waals surface area contributed by atoms with Gasteiger partial charge in [0.05, 0.1) is 0 Å². The molecule has 0 aromatic heterocycles. The second kappa shape index (κ2) is 3.03. The van der Waals surface area contributed by atoms with E-state index in [9.17, 15) is 9.59 Å². The van der Waals surface area contributed by atoms with Gasteiger partial charge in [-0.25, -0.2) is 4.79 Å². The summed E-state index contributed by atoms with van der Waals surface area (Å²) < 4.78 is 0. The third-order valence-corrected chi connectivity index (χ3v) is 1.67. The molecule has 0 radical (unpaired) electrons. The summed E-state index contributed by atoms with van der Waals surface area (Å²) in [5.74, 6) is -1.19. The molecule has 1 atom stereocenters. The second-order valence-corrected chi connectivity index (χ2v) is 3.63. The number of carboxylic acid groups (broad SMARTS) is 1. The van der Waals surface area contributed by atoms with Crippen LogP contribution in [0.4, 0.5) is 0 Å². The molecule has 0 aromatic carbocycles. The van der Waals surface area contributed by atoms with E-state index in [0.29, 0.717) is 11.8 Å². The summed E-state index contributed by atoms with van der Waals surface area (Å²) in [4.78, 5) is 19.1. The monoisotopic (exact) mass is 163 g/mol. The van der Waals surface area contributed by atoms with Crippen LogP contribution < -0.4 is 5.73 Å². The van der Waals surface area contributed by atoms with Gasteiger partial charge in [-0.2, -0.15) is 0 Å². The highest BCUT2D eigenvalue weighted by Crippen LogP contribution is 2.18.